The fraction of sp³-hybridized carbons (Fsp3) is 0.438. The molecule has 1 fully saturated rings. The van der Waals surface area contributed by atoms with Crippen LogP contribution in [-0.4, -0.2) is 63.2 Å². The number of ether oxygens (including phenoxy) is 2. The zero-order chi connectivity index (χ0) is 20.0. The second-order valence-corrected chi connectivity index (χ2v) is 7.81. The van der Waals surface area contributed by atoms with E-state index >= 15 is 0 Å². The Morgan fingerprint density at radius 1 is 1.22 bits per heavy atom. The molecule has 11 heteroatoms. The lowest BCUT2D eigenvalue weighted by atomic mass is 10.2. The van der Waals surface area contributed by atoms with Gasteiger partial charge in [0.2, 0.25) is 10.0 Å². The molecule has 0 aliphatic carbocycles. The van der Waals surface area contributed by atoms with Crippen LogP contribution in [0.4, 0.5) is 10.5 Å². The lowest BCUT2D eigenvalue weighted by Crippen LogP contribution is -2.42. The monoisotopic (exact) mass is 399 g/mol. The highest BCUT2D eigenvalue weighted by molar-refractivity contribution is 7.88. The van der Waals surface area contributed by atoms with Gasteiger partial charge in [0.15, 0.2) is 6.61 Å². The van der Waals surface area contributed by atoms with E-state index in [1.54, 1.807) is 24.3 Å². The summed E-state index contributed by atoms with van der Waals surface area (Å²) in [4.78, 5) is 35.5. The van der Waals surface area contributed by atoms with Crippen LogP contribution in [0, 0.1) is 0 Å². The molecule has 2 N–H and O–H groups in total. The molecule has 1 aromatic carbocycles. The number of anilines is 1. The van der Waals surface area contributed by atoms with Crippen molar-refractivity contribution in [3.63, 3.8) is 0 Å². The van der Waals surface area contributed by atoms with Crippen LogP contribution in [0.2, 0.25) is 0 Å². The number of amides is 3. The number of sulfonamides is 1. The van der Waals surface area contributed by atoms with E-state index in [-0.39, 0.29) is 6.54 Å². The van der Waals surface area contributed by atoms with Gasteiger partial charge in [-0.15, -0.1) is 0 Å². The summed E-state index contributed by atoms with van der Waals surface area (Å²) in [7, 11) is -2.03. The molecule has 1 aromatic rings. The van der Waals surface area contributed by atoms with E-state index in [1.165, 1.54) is 7.11 Å². The van der Waals surface area contributed by atoms with Crippen molar-refractivity contribution in [1.82, 2.24) is 9.62 Å². The van der Waals surface area contributed by atoms with E-state index in [1.807, 2.05) is 5.32 Å². The van der Waals surface area contributed by atoms with E-state index in [4.69, 9.17) is 9.47 Å². The zero-order valence-corrected chi connectivity index (χ0v) is 15.7. The second-order valence-electron chi connectivity index (χ2n) is 5.87. The first-order valence-corrected chi connectivity index (χ1v) is 9.94. The molecule has 148 valence electrons. The maximum atomic E-state index is 12.0. The van der Waals surface area contributed by atoms with Crippen molar-refractivity contribution in [3.05, 3.63) is 24.3 Å². The summed E-state index contributed by atoms with van der Waals surface area (Å²) in [6.07, 6.45) is 1.86. The molecule has 1 aliphatic heterocycles. The first-order valence-electron chi connectivity index (χ1n) is 8.09. The largest absolute Gasteiger partial charge is 0.497 e. The van der Waals surface area contributed by atoms with Crippen molar-refractivity contribution in [3.8, 4) is 5.75 Å². The standard InChI is InChI=1S/C16H21N3O7S/c1-25-12-7-5-11(6-8-12)17-16(22)18-14(20)10-26-15(21)13-4-3-9-19(13)27(2,23)24/h5-8,13H,3-4,9-10H2,1-2H3,(H2,17,18,20,22). The fourth-order valence-electron chi connectivity index (χ4n) is 2.60. The third kappa shape index (κ3) is 5.93. The van der Waals surface area contributed by atoms with Crippen LogP contribution in [0.1, 0.15) is 12.8 Å². The molecule has 3 amide bonds. The smallest absolute Gasteiger partial charge is 0.325 e. The summed E-state index contributed by atoms with van der Waals surface area (Å²) >= 11 is 0. The molecule has 1 unspecified atom stereocenters. The van der Waals surface area contributed by atoms with E-state index in [0.29, 0.717) is 24.3 Å². The van der Waals surface area contributed by atoms with Gasteiger partial charge in [-0.2, -0.15) is 4.31 Å². The van der Waals surface area contributed by atoms with Crippen LogP contribution < -0.4 is 15.4 Å². The molecular formula is C16H21N3O7S. The Morgan fingerprint density at radius 3 is 2.48 bits per heavy atom. The molecule has 0 bridgehead atoms. The highest BCUT2D eigenvalue weighted by Gasteiger charge is 2.37. The summed E-state index contributed by atoms with van der Waals surface area (Å²) in [6.45, 7) is -0.460. The predicted octanol–water partition coefficient (Wildman–Crippen LogP) is 0.311. The fourth-order valence-corrected chi connectivity index (χ4v) is 3.72. The maximum absolute atomic E-state index is 12.0. The number of urea groups is 1. The SMILES string of the molecule is COc1ccc(NC(=O)NC(=O)COC(=O)C2CCCN2S(C)(=O)=O)cc1. The molecule has 1 heterocycles. The predicted molar refractivity (Wildman–Crippen MR) is 95.7 cm³/mol. The summed E-state index contributed by atoms with van der Waals surface area (Å²) in [5.74, 6) is -1.04. The first kappa shape index (κ1) is 20.6. The Bertz CT molecular complexity index is 808. The first-order chi connectivity index (χ1) is 12.7. The normalized spacial score (nSPS) is 17.2. The van der Waals surface area contributed by atoms with E-state index in [0.717, 1.165) is 10.6 Å². The Hall–Kier alpha value is -2.66. The molecule has 0 spiro atoms. The lowest BCUT2D eigenvalue weighted by Gasteiger charge is -2.20. The average Bonchev–Trinajstić information content (AvgIpc) is 3.10. The third-order valence-electron chi connectivity index (χ3n) is 3.85. The molecule has 1 atom stereocenters. The number of esters is 1. The lowest BCUT2D eigenvalue weighted by molar-refractivity contribution is -0.151. The Labute approximate surface area is 156 Å². The summed E-state index contributed by atoms with van der Waals surface area (Å²) < 4.78 is 34.1. The Morgan fingerprint density at radius 2 is 1.89 bits per heavy atom. The number of imide groups is 1. The molecule has 10 nitrogen and oxygen atoms in total. The van der Waals surface area contributed by atoms with Gasteiger partial charge in [-0.25, -0.2) is 13.2 Å². The summed E-state index contributed by atoms with van der Waals surface area (Å²) in [5.41, 5.74) is 0.438. The molecular weight excluding hydrogens is 378 g/mol. The van der Waals surface area contributed by atoms with Gasteiger partial charge >= 0.3 is 12.0 Å². The number of benzene rings is 1. The van der Waals surface area contributed by atoms with Crippen LogP contribution in [0.5, 0.6) is 5.75 Å². The summed E-state index contributed by atoms with van der Waals surface area (Å²) in [6, 6.07) is 4.70. The van der Waals surface area contributed by atoms with Gasteiger partial charge in [-0.1, -0.05) is 0 Å². The van der Waals surface area contributed by atoms with Crippen LogP contribution in [0.15, 0.2) is 24.3 Å². The summed E-state index contributed by atoms with van der Waals surface area (Å²) in [5, 5.41) is 4.45. The number of carbonyl (C=O) groups excluding carboxylic acids is 3. The van der Waals surface area contributed by atoms with Crippen molar-refractivity contribution in [2.45, 2.75) is 18.9 Å². The van der Waals surface area contributed by atoms with E-state index in [9.17, 15) is 22.8 Å². The van der Waals surface area contributed by atoms with E-state index in [2.05, 4.69) is 5.32 Å². The zero-order valence-electron chi connectivity index (χ0n) is 14.9. The molecule has 0 radical (unpaired) electrons. The number of hydrogen-bond acceptors (Lipinski definition) is 7. The van der Waals surface area contributed by atoms with Crippen LogP contribution in [0.25, 0.3) is 0 Å². The second kappa shape index (κ2) is 8.82. The van der Waals surface area contributed by atoms with Gasteiger partial charge in [0.05, 0.1) is 13.4 Å². The molecule has 0 aromatic heterocycles. The number of nitrogens with zero attached hydrogens (tertiary/aromatic N) is 1. The minimum absolute atomic E-state index is 0.231. The molecule has 0 saturated carbocycles. The van der Waals surface area contributed by atoms with Crippen molar-refractivity contribution in [2.75, 3.05) is 31.8 Å². The van der Waals surface area contributed by atoms with Crippen molar-refractivity contribution in [1.29, 1.82) is 0 Å². The minimum atomic E-state index is -3.54. The number of hydrogen-bond donors (Lipinski definition) is 2. The topological polar surface area (TPSA) is 131 Å². The molecule has 1 saturated heterocycles. The Balaban J connectivity index is 1.79. The number of carbonyl (C=O) groups is 3. The van der Waals surface area contributed by atoms with Crippen LogP contribution >= 0.6 is 0 Å². The van der Waals surface area contributed by atoms with Crippen LogP contribution in [0.3, 0.4) is 0 Å². The molecule has 1 aliphatic rings. The van der Waals surface area contributed by atoms with Gasteiger partial charge < -0.3 is 14.8 Å². The maximum Gasteiger partial charge on any atom is 0.325 e. The highest BCUT2D eigenvalue weighted by atomic mass is 32.2. The molecule has 27 heavy (non-hydrogen) atoms. The number of nitrogens with one attached hydrogen (secondary N) is 2. The van der Waals surface area contributed by atoms with Gasteiger partial charge in [0.25, 0.3) is 5.91 Å². The van der Waals surface area contributed by atoms with Crippen molar-refractivity contribution >= 4 is 33.6 Å². The Kier molecular flexibility index (Phi) is 6.75. The average molecular weight is 399 g/mol. The van der Waals surface area contributed by atoms with Gasteiger partial charge in [0.1, 0.15) is 11.8 Å². The van der Waals surface area contributed by atoms with Gasteiger partial charge in [0, 0.05) is 12.2 Å². The highest BCUT2D eigenvalue weighted by Crippen LogP contribution is 2.21. The van der Waals surface area contributed by atoms with Gasteiger partial charge in [-0.05, 0) is 37.1 Å². The third-order valence-corrected chi connectivity index (χ3v) is 5.14. The van der Waals surface area contributed by atoms with E-state index < -0.39 is 40.6 Å². The minimum Gasteiger partial charge on any atom is -0.497 e. The van der Waals surface area contributed by atoms with Crippen molar-refractivity contribution < 1.29 is 32.3 Å². The van der Waals surface area contributed by atoms with Crippen LogP contribution in [-0.2, 0) is 24.3 Å². The molecule has 2 rings (SSSR count). The number of methoxy groups -OCH3 is 1. The quantitative estimate of drug-likeness (QED) is 0.658. The van der Waals surface area contributed by atoms with Gasteiger partial charge in [-0.3, -0.25) is 14.9 Å². The number of rotatable bonds is 6. The van der Waals surface area contributed by atoms with Crippen molar-refractivity contribution in [2.24, 2.45) is 0 Å².